The maximum atomic E-state index is 13.6. The number of carbonyl (C=O) groups excluding carboxylic acids is 2. The minimum absolute atomic E-state index is 0.0385. The summed E-state index contributed by atoms with van der Waals surface area (Å²) in [5, 5.41) is 0. The summed E-state index contributed by atoms with van der Waals surface area (Å²) in [6.45, 7) is 4.78. The van der Waals surface area contributed by atoms with Gasteiger partial charge in [-0.1, -0.05) is 176 Å². The maximum absolute atomic E-state index is 13.6. The lowest BCUT2D eigenvalue weighted by atomic mass is 9.88. The quantitative estimate of drug-likeness (QED) is 0.0659. The van der Waals surface area contributed by atoms with E-state index in [0.29, 0.717) is 114 Å². The van der Waals surface area contributed by atoms with Crippen LogP contribution in [-0.4, -0.2) is 111 Å². The number of hydrogen-bond donors (Lipinski definition) is 4. The fourth-order valence-electron chi connectivity index (χ4n) is 14.2. The van der Waals surface area contributed by atoms with Crippen molar-refractivity contribution in [2.24, 2.45) is 0 Å². The Bertz CT molecular complexity index is 5460. The Kier molecular flexibility index (Phi) is 24.4. The summed E-state index contributed by atoms with van der Waals surface area (Å²) >= 11 is 0. The van der Waals surface area contributed by atoms with E-state index in [9.17, 15) is 28.8 Å². The number of ether oxygens (including phenoxy) is 1. The molecule has 111 heavy (non-hydrogen) atoms. The Balaban J connectivity index is 0.000000124. The molecule has 0 aliphatic carbocycles. The minimum atomic E-state index is -0.484. The molecular weight excluding hydrogens is 1390 g/mol. The fourth-order valence-corrected chi connectivity index (χ4v) is 14.2. The molecule has 12 heterocycles. The average molecular weight is 1480 g/mol. The third-order valence-corrected chi connectivity index (χ3v) is 19.8. The normalized spacial score (nSPS) is 13.3. The Morgan fingerprint density at radius 1 is 0.369 bits per heavy atom. The molecule has 0 atom stereocenters. The van der Waals surface area contributed by atoms with Crippen molar-refractivity contribution in [2.45, 2.75) is 89.5 Å². The number of benzene rings is 5. The number of rotatable bonds is 17. The van der Waals surface area contributed by atoms with Crippen LogP contribution < -0.4 is 41.8 Å². The highest BCUT2D eigenvalue weighted by Gasteiger charge is 2.32. The molecule has 5 aromatic carbocycles. The van der Waals surface area contributed by atoms with E-state index in [-0.39, 0.29) is 40.7 Å². The zero-order valence-corrected chi connectivity index (χ0v) is 61.4. The van der Waals surface area contributed by atoms with Gasteiger partial charge in [0.05, 0.1) is 28.9 Å². The smallest absolute Gasteiger partial charge is 0.415 e. The van der Waals surface area contributed by atoms with Gasteiger partial charge in [0.1, 0.15) is 46.0 Å². The van der Waals surface area contributed by atoms with Crippen molar-refractivity contribution in [3.63, 3.8) is 0 Å². The minimum Gasteiger partial charge on any atom is -0.449 e. The number of aryl methyl sites for hydroxylation is 1. The fraction of sp³-hybridized carbons (Fsp3) is 0.227. The van der Waals surface area contributed by atoms with Crippen molar-refractivity contribution < 1.29 is 14.3 Å². The number of anilines is 4. The largest absolute Gasteiger partial charge is 0.449 e. The van der Waals surface area contributed by atoms with Gasteiger partial charge in [0.15, 0.2) is 23.3 Å². The molecule has 2 amide bonds. The number of pyridine rings is 4. The molecule has 0 bridgehead atoms. The SMILES string of the molecule is O=C(CC(c1ccccc1)c1ccccc1)N1CCCc2c1nc(-c1ccccn1)[nH]c2=O.O=C(OCCc1ccccc1)N1CCCc2c1nc(-c1ccccn1)[nH]c2=O.O=c1[nH]c(-c2ccccn2)nc2c1CCCN2CCCc1ccccc1.O=c1[nH]c(-c2ccccn2)nc2c1CCCN2Cc1ccccc1. The van der Waals surface area contributed by atoms with Crippen molar-refractivity contribution in [1.29, 1.82) is 0 Å². The van der Waals surface area contributed by atoms with E-state index < -0.39 is 6.09 Å². The standard InChI is InChI=1S/C27H24N4O2.C21H20N4O3.C21H22N4O.C19H18N4O/c32-24(18-22(19-10-3-1-4-11-19)20-12-5-2-6-13-20)31-17-9-14-21-26(31)29-25(30-27(21)33)23-15-7-8-16-28-23;26-20-16-9-6-13-25(21(27)28-14-11-15-7-2-1-3-8-15)19(16)23-18(24-20)17-10-4-5-12-22-17;26-21-17-11-7-15-25(14-6-10-16-8-2-1-3-9-16)20(17)23-19(24-21)18-12-4-5-13-22-18;24-19-15-9-6-12-23(13-14-7-2-1-3-8-14)18(15)21-17(22-19)16-10-4-5-11-20-16/h1-8,10-13,15-16,22H,9,14,17-18H2,(H,29,30,33);1-5,7-8,10,12H,6,9,11,13-14H2,(H,23,24,26);1-5,8-9,12-13H,6-7,10-11,14-15H2,(H,23,24,26);1-5,7-8,10-11H,6,9,12-13H2,(H,21,22,24). The van der Waals surface area contributed by atoms with Crippen LogP contribution in [0.1, 0.15) is 94.5 Å². The molecule has 0 unspecified atom stereocenters. The molecule has 17 rings (SSSR count). The second kappa shape index (κ2) is 36.4. The van der Waals surface area contributed by atoms with E-state index in [1.54, 1.807) is 47.9 Å². The highest BCUT2D eigenvalue weighted by Crippen LogP contribution is 2.34. The molecule has 23 heteroatoms. The van der Waals surface area contributed by atoms with Crippen LogP contribution in [0.25, 0.3) is 46.1 Å². The van der Waals surface area contributed by atoms with Gasteiger partial charge >= 0.3 is 6.09 Å². The van der Waals surface area contributed by atoms with E-state index in [4.69, 9.17) is 14.7 Å². The summed E-state index contributed by atoms with van der Waals surface area (Å²) in [4.78, 5) is 131. The Labute approximate surface area is 641 Å². The third kappa shape index (κ3) is 18.8. The number of aromatic nitrogens is 12. The Hall–Kier alpha value is -13.4. The molecule has 4 N–H and O–H groups in total. The lowest BCUT2D eigenvalue weighted by Gasteiger charge is -2.29. The van der Waals surface area contributed by atoms with Gasteiger partial charge in [-0.05, 0) is 141 Å². The molecule has 0 spiro atoms. The predicted octanol–water partition coefficient (Wildman–Crippen LogP) is 13.3. The summed E-state index contributed by atoms with van der Waals surface area (Å²) < 4.78 is 5.45. The first-order chi connectivity index (χ1) is 54.5. The van der Waals surface area contributed by atoms with Crippen molar-refractivity contribution in [3.8, 4) is 46.1 Å². The number of fused-ring (bicyclic) bond motifs is 4. The molecule has 558 valence electrons. The first-order valence-corrected chi connectivity index (χ1v) is 37.7. The number of H-pyrrole nitrogens is 4. The van der Waals surface area contributed by atoms with Gasteiger partial charge in [-0.2, -0.15) is 0 Å². The monoisotopic (exact) mass is 1480 g/mol. The van der Waals surface area contributed by atoms with E-state index >= 15 is 0 Å². The van der Waals surface area contributed by atoms with Crippen LogP contribution in [0.4, 0.5) is 28.1 Å². The Morgan fingerprint density at radius 3 is 1.14 bits per heavy atom. The molecular formula is C88H84N16O7. The second-order valence-electron chi connectivity index (χ2n) is 27.2. The van der Waals surface area contributed by atoms with E-state index in [0.717, 1.165) is 111 Å². The molecule has 13 aromatic rings. The number of hydrogen-bond acceptors (Lipinski definition) is 17. The number of nitrogens with zero attached hydrogens (tertiary/aromatic N) is 12. The van der Waals surface area contributed by atoms with Gasteiger partial charge in [0.25, 0.3) is 22.2 Å². The van der Waals surface area contributed by atoms with Crippen molar-refractivity contribution in [2.75, 3.05) is 58.9 Å². The number of nitrogens with one attached hydrogen (secondary N) is 4. The van der Waals surface area contributed by atoms with Crippen LogP contribution >= 0.6 is 0 Å². The molecule has 0 radical (unpaired) electrons. The zero-order chi connectivity index (χ0) is 76.1. The lowest BCUT2D eigenvalue weighted by molar-refractivity contribution is -0.119. The van der Waals surface area contributed by atoms with Crippen LogP contribution in [0.15, 0.2) is 268 Å². The summed E-state index contributed by atoms with van der Waals surface area (Å²) in [6, 6.07) is 72.8. The van der Waals surface area contributed by atoms with Crippen LogP contribution in [0.2, 0.25) is 0 Å². The van der Waals surface area contributed by atoms with Crippen molar-refractivity contribution in [3.05, 3.63) is 341 Å². The van der Waals surface area contributed by atoms with Gasteiger partial charge in [0, 0.05) is 82.8 Å². The summed E-state index contributed by atoms with van der Waals surface area (Å²) in [6.07, 6.45) is 15.3. The first-order valence-electron chi connectivity index (χ1n) is 37.7. The van der Waals surface area contributed by atoms with Crippen molar-refractivity contribution in [1.82, 2.24) is 59.8 Å². The summed E-state index contributed by atoms with van der Waals surface area (Å²) in [5.74, 6) is 4.10. The Morgan fingerprint density at radius 2 is 0.712 bits per heavy atom. The van der Waals surface area contributed by atoms with E-state index in [1.807, 2.05) is 146 Å². The number of carbonyl (C=O) groups is 2. The van der Waals surface area contributed by atoms with Crippen LogP contribution in [-0.2, 0) is 54.6 Å². The van der Waals surface area contributed by atoms with E-state index in [2.05, 4.69) is 120 Å². The molecule has 4 aliphatic heterocycles. The number of aromatic amines is 4. The van der Waals surface area contributed by atoms with Gasteiger partial charge in [-0.15, -0.1) is 0 Å². The topological polar surface area (TPSA) is 291 Å². The van der Waals surface area contributed by atoms with Crippen molar-refractivity contribution >= 4 is 35.3 Å². The third-order valence-electron chi connectivity index (χ3n) is 19.8. The maximum Gasteiger partial charge on any atom is 0.415 e. The first kappa shape index (κ1) is 74.4. The van der Waals surface area contributed by atoms with Crippen LogP contribution in [0.5, 0.6) is 0 Å². The van der Waals surface area contributed by atoms with Gasteiger partial charge in [-0.3, -0.25) is 53.7 Å². The molecule has 0 fully saturated rings. The van der Waals surface area contributed by atoms with Gasteiger partial charge < -0.3 is 34.5 Å². The summed E-state index contributed by atoms with van der Waals surface area (Å²) in [7, 11) is 0. The second-order valence-corrected chi connectivity index (χ2v) is 27.2. The molecule has 0 saturated carbocycles. The molecule has 0 saturated heterocycles. The number of amides is 2. The molecule has 23 nitrogen and oxygen atoms in total. The lowest BCUT2D eigenvalue weighted by Crippen LogP contribution is -2.39. The zero-order valence-electron chi connectivity index (χ0n) is 61.4. The van der Waals surface area contributed by atoms with Gasteiger partial charge in [-0.25, -0.2) is 24.7 Å². The highest BCUT2D eigenvalue weighted by atomic mass is 16.6. The predicted molar refractivity (Wildman–Crippen MR) is 431 cm³/mol. The van der Waals surface area contributed by atoms with Crippen LogP contribution in [0.3, 0.4) is 0 Å². The molecule has 8 aromatic heterocycles. The average Bonchev–Trinajstić information content (AvgIpc) is 0.799. The molecule has 4 aliphatic rings. The van der Waals surface area contributed by atoms with Gasteiger partial charge in [0.2, 0.25) is 5.91 Å². The highest BCUT2D eigenvalue weighted by molar-refractivity contribution is 5.94. The van der Waals surface area contributed by atoms with Crippen LogP contribution in [0, 0.1) is 0 Å². The summed E-state index contributed by atoms with van der Waals surface area (Å²) in [5.41, 5.74) is 10.4. The van der Waals surface area contributed by atoms with E-state index in [1.165, 1.54) is 16.0 Å².